The van der Waals surface area contributed by atoms with Gasteiger partial charge in [0, 0.05) is 13.1 Å². The average Bonchev–Trinajstić information content (AvgIpc) is 2.47. The maximum absolute atomic E-state index is 12.7. The van der Waals surface area contributed by atoms with Gasteiger partial charge in [-0.15, -0.1) is 0 Å². The highest BCUT2D eigenvalue weighted by atomic mass is 16.4. The van der Waals surface area contributed by atoms with Crippen molar-refractivity contribution in [3.8, 4) is 0 Å². The molecule has 0 bridgehead atoms. The first-order valence-corrected chi connectivity index (χ1v) is 7.00. The number of carbonyl (C=O) groups is 2. The number of amides is 1. The summed E-state index contributed by atoms with van der Waals surface area (Å²) in [5.41, 5.74) is 0.337. The largest absolute Gasteiger partial charge is 0.481 e. The van der Waals surface area contributed by atoms with Crippen LogP contribution in [-0.4, -0.2) is 35.0 Å². The van der Waals surface area contributed by atoms with Crippen molar-refractivity contribution in [2.24, 2.45) is 5.92 Å². The van der Waals surface area contributed by atoms with Crippen LogP contribution in [0.4, 0.5) is 0 Å². The number of nitrogens with zero attached hydrogens (tertiary/aromatic N) is 1. The molecule has 1 saturated heterocycles. The van der Waals surface area contributed by atoms with Crippen molar-refractivity contribution in [1.82, 2.24) is 4.90 Å². The van der Waals surface area contributed by atoms with E-state index in [1.54, 1.807) is 4.90 Å². The van der Waals surface area contributed by atoms with Gasteiger partial charge in [-0.2, -0.15) is 0 Å². The highest BCUT2D eigenvalue weighted by Gasteiger charge is 2.37. The van der Waals surface area contributed by atoms with Gasteiger partial charge in [-0.25, -0.2) is 0 Å². The highest BCUT2D eigenvalue weighted by molar-refractivity contribution is 5.88. The van der Waals surface area contributed by atoms with E-state index in [0.717, 1.165) is 12.0 Å². The van der Waals surface area contributed by atoms with E-state index in [1.807, 2.05) is 44.2 Å². The predicted molar refractivity (Wildman–Crippen MR) is 76.4 cm³/mol. The lowest BCUT2D eigenvalue weighted by molar-refractivity contribution is -0.147. The lowest BCUT2D eigenvalue weighted by Crippen LogP contribution is -2.49. The molecule has 0 unspecified atom stereocenters. The Labute approximate surface area is 119 Å². The van der Waals surface area contributed by atoms with Crippen molar-refractivity contribution in [3.05, 3.63) is 35.9 Å². The van der Waals surface area contributed by atoms with Crippen molar-refractivity contribution >= 4 is 11.9 Å². The number of benzene rings is 1. The Morgan fingerprint density at radius 3 is 2.50 bits per heavy atom. The zero-order chi connectivity index (χ0) is 14.8. The molecule has 1 fully saturated rings. The Balaban J connectivity index is 2.16. The number of hydrogen-bond donors (Lipinski definition) is 1. The van der Waals surface area contributed by atoms with Gasteiger partial charge in [0.25, 0.3) is 0 Å². The molecule has 1 atom stereocenters. The molecule has 1 N–H and O–H groups in total. The summed E-state index contributed by atoms with van der Waals surface area (Å²) in [5.74, 6) is -1.23. The Morgan fingerprint density at radius 2 is 1.90 bits per heavy atom. The molecule has 108 valence electrons. The molecular weight excluding hydrogens is 254 g/mol. The summed E-state index contributed by atoms with van der Waals surface area (Å²) < 4.78 is 0. The summed E-state index contributed by atoms with van der Waals surface area (Å²) in [6.45, 7) is 4.77. The summed E-state index contributed by atoms with van der Waals surface area (Å²) in [6.07, 6.45) is 1.42. The molecule has 0 aromatic heterocycles. The number of carboxylic acid groups (broad SMARTS) is 1. The smallest absolute Gasteiger partial charge is 0.308 e. The molecule has 0 aliphatic carbocycles. The van der Waals surface area contributed by atoms with E-state index < -0.39 is 17.3 Å². The van der Waals surface area contributed by atoms with Gasteiger partial charge in [-0.3, -0.25) is 9.59 Å². The number of carboxylic acids is 1. The second-order valence-electron chi connectivity index (χ2n) is 5.92. The summed E-state index contributed by atoms with van der Waals surface area (Å²) in [5, 5.41) is 9.12. The maximum Gasteiger partial charge on any atom is 0.308 e. The third-order valence-electron chi connectivity index (χ3n) is 4.09. The highest BCUT2D eigenvalue weighted by Crippen LogP contribution is 2.28. The van der Waals surface area contributed by atoms with E-state index in [2.05, 4.69) is 0 Å². The van der Waals surface area contributed by atoms with Gasteiger partial charge in [0.2, 0.25) is 5.91 Å². The Kier molecular flexibility index (Phi) is 4.12. The summed E-state index contributed by atoms with van der Waals surface area (Å²) >= 11 is 0. The fraction of sp³-hybridized carbons (Fsp3) is 0.500. The van der Waals surface area contributed by atoms with Crippen LogP contribution >= 0.6 is 0 Å². The molecule has 0 radical (unpaired) electrons. The lowest BCUT2D eigenvalue weighted by atomic mass is 9.82. The van der Waals surface area contributed by atoms with Crippen LogP contribution in [0, 0.1) is 5.92 Å². The van der Waals surface area contributed by atoms with Crippen molar-refractivity contribution in [3.63, 3.8) is 0 Å². The van der Waals surface area contributed by atoms with Crippen LogP contribution in [0.15, 0.2) is 30.3 Å². The van der Waals surface area contributed by atoms with Crippen LogP contribution in [0.25, 0.3) is 0 Å². The van der Waals surface area contributed by atoms with E-state index in [1.165, 1.54) is 0 Å². The van der Waals surface area contributed by atoms with E-state index in [4.69, 9.17) is 5.11 Å². The minimum atomic E-state index is -0.806. The fourth-order valence-corrected chi connectivity index (χ4v) is 2.74. The number of hydrogen-bond acceptors (Lipinski definition) is 2. The zero-order valence-corrected chi connectivity index (χ0v) is 12.0. The Morgan fingerprint density at radius 1 is 1.25 bits per heavy atom. The molecule has 0 spiro atoms. The van der Waals surface area contributed by atoms with E-state index >= 15 is 0 Å². The minimum Gasteiger partial charge on any atom is -0.481 e. The third-order valence-corrected chi connectivity index (χ3v) is 4.09. The number of rotatable bonds is 3. The average molecular weight is 275 g/mol. The normalized spacial score (nSPS) is 19.7. The van der Waals surface area contributed by atoms with Crippen LogP contribution in [0.3, 0.4) is 0 Å². The molecule has 0 saturated carbocycles. The first kappa shape index (κ1) is 14.6. The first-order chi connectivity index (χ1) is 9.43. The van der Waals surface area contributed by atoms with Crippen molar-refractivity contribution in [1.29, 1.82) is 0 Å². The number of likely N-dealkylation sites (tertiary alicyclic amines) is 1. The van der Waals surface area contributed by atoms with Gasteiger partial charge in [0.15, 0.2) is 0 Å². The quantitative estimate of drug-likeness (QED) is 0.920. The standard InChI is InChI=1S/C16H21NO3/c1-16(2,13-8-4-3-5-9-13)15(20)17-10-6-7-12(11-17)14(18)19/h3-5,8-9,12H,6-7,10-11H2,1-2H3,(H,18,19)/t12-/m0/s1. The first-order valence-electron chi connectivity index (χ1n) is 7.00. The van der Waals surface area contributed by atoms with Gasteiger partial charge in [-0.05, 0) is 32.3 Å². The number of piperidine rings is 1. The molecular formula is C16H21NO3. The molecule has 20 heavy (non-hydrogen) atoms. The topological polar surface area (TPSA) is 57.6 Å². The van der Waals surface area contributed by atoms with Crippen LogP contribution in [0.5, 0.6) is 0 Å². The molecule has 1 aliphatic rings. The van der Waals surface area contributed by atoms with Crippen LogP contribution in [0.1, 0.15) is 32.3 Å². The third kappa shape index (κ3) is 2.84. The van der Waals surface area contributed by atoms with Crippen molar-refractivity contribution in [2.45, 2.75) is 32.1 Å². The molecule has 4 heteroatoms. The van der Waals surface area contributed by atoms with Gasteiger partial charge in [0.1, 0.15) is 0 Å². The number of aliphatic carboxylic acids is 1. The SMILES string of the molecule is CC(C)(C(=O)N1CCC[C@H](C(=O)O)C1)c1ccccc1. The van der Waals surface area contributed by atoms with E-state index in [9.17, 15) is 9.59 Å². The van der Waals surface area contributed by atoms with E-state index in [0.29, 0.717) is 19.5 Å². The van der Waals surface area contributed by atoms with Gasteiger partial charge in [-0.1, -0.05) is 30.3 Å². The summed E-state index contributed by atoms with van der Waals surface area (Å²) in [4.78, 5) is 25.5. The second kappa shape index (κ2) is 5.65. The van der Waals surface area contributed by atoms with E-state index in [-0.39, 0.29) is 5.91 Å². The summed E-state index contributed by atoms with van der Waals surface area (Å²) in [6, 6.07) is 9.64. The summed E-state index contributed by atoms with van der Waals surface area (Å²) in [7, 11) is 0. The zero-order valence-electron chi connectivity index (χ0n) is 12.0. The van der Waals surface area contributed by atoms with Crippen LogP contribution < -0.4 is 0 Å². The molecule has 1 aromatic carbocycles. The monoisotopic (exact) mass is 275 g/mol. The maximum atomic E-state index is 12.7. The molecule has 1 aliphatic heterocycles. The van der Waals surface area contributed by atoms with Gasteiger partial charge in [0.05, 0.1) is 11.3 Å². The Hall–Kier alpha value is -1.84. The van der Waals surface area contributed by atoms with Crippen LogP contribution in [0.2, 0.25) is 0 Å². The van der Waals surface area contributed by atoms with Crippen LogP contribution in [-0.2, 0) is 15.0 Å². The van der Waals surface area contributed by atoms with Crippen molar-refractivity contribution < 1.29 is 14.7 Å². The molecule has 1 heterocycles. The predicted octanol–water partition coefficient (Wildman–Crippen LogP) is 2.29. The van der Waals surface area contributed by atoms with Crippen molar-refractivity contribution in [2.75, 3.05) is 13.1 Å². The molecule has 2 rings (SSSR count). The molecule has 4 nitrogen and oxygen atoms in total. The fourth-order valence-electron chi connectivity index (χ4n) is 2.74. The van der Waals surface area contributed by atoms with Gasteiger partial charge >= 0.3 is 5.97 Å². The molecule has 1 amide bonds. The second-order valence-corrected chi connectivity index (χ2v) is 5.92. The lowest BCUT2D eigenvalue weighted by Gasteiger charge is -2.36. The number of carbonyl (C=O) groups excluding carboxylic acids is 1. The van der Waals surface area contributed by atoms with Gasteiger partial charge < -0.3 is 10.0 Å². The Bertz CT molecular complexity index is 496. The molecule has 1 aromatic rings. The minimum absolute atomic E-state index is 0.00894.